The molecule has 3 heterocycles. The molecule has 3 rings (SSSR count). The number of hydrogen-bond acceptors (Lipinski definition) is 5. The van der Waals surface area contributed by atoms with Crippen LogP contribution in [0.15, 0.2) is 12.3 Å². The maximum Gasteiger partial charge on any atom is 0.390 e. The van der Waals surface area contributed by atoms with Crippen molar-refractivity contribution in [2.45, 2.75) is 58.3 Å². The van der Waals surface area contributed by atoms with Crippen molar-refractivity contribution in [1.29, 1.82) is 0 Å². The van der Waals surface area contributed by atoms with Gasteiger partial charge in [0, 0.05) is 44.5 Å². The number of pyridine rings is 1. The van der Waals surface area contributed by atoms with Crippen molar-refractivity contribution in [2.24, 2.45) is 0 Å². The van der Waals surface area contributed by atoms with Crippen molar-refractivity contribution >= 4 is 11.7 Å². The number of rotatable bonds is 6. The summed E-state index contributed by atoms with van der Waals surface area (Å²) < 4.78 is 40.2. The van der Waals surface area contributed by atoms with Crippen LogP contribution in [0, 0.1) is 6.92 Å². The zero-order valence-electron chi connectivity index (χ0n) is 18.7. The number of nitrogens with zero attached hydrogens (tertiary/aromatic N) is 4. The van der Waals surface area contributed by atoms with Crippen molar-refractivity contribution in [2.75, 3.05) is 50.7 Å². The van der Waals surface area contributed by atoms with E-state index in [9.17, 15) is 18.0 Å². The van der Waals surface area contributed by atoms with Gasteiger partial charge in [-0.2, -0.15) is 13.2 Å². The Morgan fingerprint density at radius 3 is 2.48 bits per heavy atom. The van der Waals surface area contributed by atoms with E-state index in [2.05, 4.69) is 27.0 Å². The lowest BCUT2D eigenvalue weighted by molar-refractivity contribution is -0.150. The van der Waals surface area contributed by atoms with Gasteiger partial charge in [0.15, 0.2) is 0 Å². The highest BCUT2D eigenvalue weighted by molar-refractivity contribution is 5.94. The first kappa shape index (κ1) is 23.8. The molecule has 0 aromatic carbocycles. The van der Waals surface area contributed by atoms with E-state index in [-0.39, 0.29) is 11.9 Å². The maximum atomic E-state index is 13.4. The third kappa shape index (κ3) is 6.10. The van der Waals surface area contributed by atoms with Crippen LogP contribution >= 0.6 is 0 Å². The van der Waals surface area contributed by atoms with Crippen LogP contribution in [0.25, 0.3) is 0 Å². The van der Waals surface area contributed by atoms with Gasteiger partial charge in [0.1, 0.15) is 5.82 Å². The zero-order chi connectivity index (χ0) is 22.6. The van der Waals surface area contributed by atoms with E-state index in [4.69, 9.17) is 0 Å². The minimum Gasteiger partial charge on any atom is -0.354 e. The Balaban J connectivity index is 1.74. The Labute approximate surface area is 182 Å². The molecule has 1 amide bonds. The second-order valence-corrected chi connectivity index (χ2v) is 8.55. The van der Waals surface area contributed by atoms with Crippen LogP contribution in [0.1, 0.15) is 49.0 Å². The molecule has 2 fully saturated rings. The Kier molecular flexibility index (Phi) is 7.80. The summed E-state index contributed by atoms with van der Waals surface area (Å²) in [6.07, 6.45) is -1.67. The van der Waals surface area contributed by atoms with Crippen molar-refractivity contribution in [3.8, 4) is 0 Å². The summed E-state index contributed by atoms with van der Waals surface area (Å²) in [6.45, 7) is 10.8. The van der Waals surface area contributed by atoms with E-state index >= 15 is 0 Å². The third-order valence-corrected chi connectivity index (χ3v) is 6.42. The van der Waals surface area contributed by atoms with Gasteiger partial charge in [-0.25, -0.2) is 4.98 Å². The van der Waals surface area contributed by atoms with Crippen molar-refractivity contribution in [3.05, 3.63) is 23.4 Å². The molecule has 1 unspecified atom stereocenters. The fourth-order valence-corrected chi connectivity index (χ4v) is 4.84. The molecule has 0 radical (unpaired) electrons. The molecule has 1 aromatic heterocycles. The molecule has 0 spiro atoms. The number of carbonyl (C=O) groups is 1. The average molecular weight is 442 g/mol. The Hall–Kier alpha value is -1.87. The van der Waals surface area contributed by atoms with Crippen LogP contribution in [0.2, 0.25) is 0 Å². The maximum absolute atomic E-state index is 13.4. The number of piperidine rings is 1. The molecule has 0 bridgehead atoms. The fraction of sp³-hybridized carbons (Fsp3) is 0.727. The van der Waals surface area contributed by atoms with Crippen LogP contribution in [0.3, 0.4) is 0 Å². The highest BCUT2D eigenvalue weighted by Gasteiger charge is 2.41. The van der Waals surface area contributed by atoms with Crippen LogP contribution in [-0.4, -0.2) is 84.8 Å². The van der Waals surface area contributed by atoms with Gasteiger partial charge in [-0.1, -0.05) is 6.92 Å². The highest BCUT2D eigenvalue weighted by Crippen LogP contribution is 2.31. The number of piperazine rings is 1. The van der Waals surface area contributed by atoms with Gasteiger partial charge in [0.25, 0.3) is 5.91 Å². The molecule has 1 N–H and O–H groups in total. The number of alkyl halides is 3. The molecule has 0 saturated carbocycles. The van der Waals surface area contributed by atoms with Crippen molar-refractivity contribution in [3.63, 3.8) is 0 Å². The number of halogens is 3. The lowest BCUT2D eigenvalue weighted by Gasteiger charge is -2.48. The van der Waals surface area contributed by atoms with E-state index in [0.29, 0.717) is 37.6 Å². The molecule has 1 aromatic rings. The molecule has 9 heteroatoms. The SMILES string of the molecule is CCNC(=O)c1cnc(N2CCN(C3CCN(CC)CC3)C(CC(F)(F)F)C2)c(C)c1. The summed E-state index contributed by atoms with van der Waals surface area (Å²) >= 11 is 0. The number of anilines is 1. The summed E-state index contributed by atoms with van der Waals surface area (Å²) in [5, 5.41) is 2.74. The van der Waals surface area contributed by atoms with Crippen LogP contribution < -0.4 is 10.2 Å². The molecule has 2 aliphatic rings. The lowest BCUT2D eigenvalue weighted by atomic mass is 9.97. The zero-order valence-corrected chi connectivity index (χ0v) is 18.7. The normalized spacial score (nSPS) is 22.0. The van der Waals surface area contributed by atoms with Crippen molar-refractivity contribution < 1.29 is 18.0 Å². The minimum absolute atomic E-state index is 0.192. The topological polar surface area (TPSA) is 51.7 Å². The molecule has 31 heavy (non-hydrogen) atoms. The van der Waals surface area contributed by atoms with Gasteiger partial charge < -0.3 is 15.1 Å². The molecular formula is C22H34F3N5O. The first-order valence-electron chi connectivity index (χ1n) is 11.3. The Morgan fingerprint density at radius 2 is 1.90 bits per heavy atom. The average Bonchev–Trinajstić information content (AvgIpc) is 2.73. The predicted molar refractivity (Wildman–Crippen MR) is 115 cm³/mol. The molecule has 174 valence electrons. The number of carbonyl (C=O) groups excluding carboxylic acids is 1. The summed E-state index contributed by atoms with van der Waals surface area (Å²) in [5.41, 5.74) is 1.27. The Bertz CT molecular complexity index is 749. The van der Waals surface area contributed by atoms with Crippen LogP contribution in [-0.2, 0) is 0 Å². The van der Waals surface area contributed by atoms with Crippen LogP contribution in [0.4, 0.5) is 19.0 Å². The van der Waals surface area contributed by atoms with E-state index in [1.54, 1.807) is 6.07 Å². The molecular weight excluding hydrogens is 407 g/mol. The van der Waals surface area contributed by atoms with Crippen molar-refractivity contribution in [1.82, 2.24) is 20.1 Å². The van der Waals surface area contributed by atoms with Gasteiger partial charge in [-0.15, -0.1) is 0 Å². The number of aromatic nitrogens is 1. The monoisotopic (exact) mass is 441 g/mol. The highest BCUT2D eigenvalue weighted by atomic mass is 19.4. The number of amides is 1. The van der Waals surface area contributed by atoms with Gasteiger partial charge in [-0.05, 0) is 58.0 Å². The molecule has 2 saturated heterocycles. The van der Waals surface area contributed by atoms with E-state index in [1.807, 2.05) is 18.7 Å². The minimum atomic E-state index is -4.21. The standard InChI is InChI=1S/C22H34F3N5O/c1-4-26-21(31)17-12-16(3)20(27-14-17)29-10-11-30(19(15-29)13-22(23,24)25)18-6-8-28(5-2)9-7-18/h12,14,18-19H,4-11,13,15H2,1-3H3,(H,26,31). The number of hydrogen-bond donors (Lipinski definition) is 1. The summed E-state index contributed by atoms with van der Waals surface area (Å²) in [5.74, 6) is 0.475. The fourth-order valence-electron chi connectivity index (χ4n) is 4.84. The number of likely N-dealkylation sites (tertiary alicyclic amines) is 1. The first-order valence-corrected chi connectivity index (χ1v) is 11.3. The third-order valence-electron chi connectivity index (χ3n) is 6.42. The molecule has 0 aliphatic carbocycles. The first-order chi connectivity index (χ1) is 14.7. The Morgan fingerprint density at radius 1 is 1.19 bits per heavy atom. The largest absolute Gasteiger partial charge is 0.390 e. The second-order valence-electron chi connectivity index (χ2n) is 8.55. The molecule has 1 atom stereocenters. The lowest BCUT2D eigenvalue weighted by Crippen LogP contribution is -2.59. The smallest absolute Gasteiger partial charge is 0.354 e. The van der Waals surface area contributed by atoms with E-state index in [0.717, 1.165) is 38.0 Å². The van der Waals surface area contributed by atoms with E-state index < -0.39 is 18.6 Å². The molecule has 6 nitrogen and oxygen atoms in total. The van der Waals surface area contributed by atoms with Gasteiger partial charge >= 0.3 is 6.18 Å². The molecule has 2 aliphatic heterocycles. The van der Waals surface area contributed by atoms with Gasteiger partial charge in [0.2, 0.25) is 0 Å². The van der Waals surface area contributed by atoms with Gasteiger partial charge in [-0.3, -0.25) is 9.69 Å². The predicted octanol–water partition coefficient (Wildman–Crippen LogP) is 3.07. The number of aryl methyl sites for hydroxylation is 1. The van der Waals surface area contributed by atoms with E-state index in [1.165, 1.54) is 6.20 Å². The number of nitrogens with one attached hydrogen (secondary N) is 1. The second kappa shape index (κ2) is 10.2. The summed E-state index contributed by atoms with van der Waals surface area (Å²) in [7, 11) is 0. The summed E-state index contributed by atoms with van der Waals surface area (Å²) in [4.78, 5) is 22.9. The quantitative estimate of drug-likeness (QED) is 0.736. The van der Waals surface area contributed by atoms with Gasteiger partial charge in [0.05, 0.1) is 12.0 Å². The summed E-state index contributed by atoms with van der Waals surface area (Å²) in [6, 6.07) is 1.38. The van der Waals surface area contributed by atoms with Crippen LogP contribution in [0.5, 0.6) is 0 Å².